The van der Waals surface area contributed by atoms with Gasteiger partial charge in [0.15, 0.2) is 4.96 Å². The van der Waals surface area contributed by atoms with Gasteiger partial charge in [0.2, 0.25) is 0 Å². The van der Waals surface area contributed by atoms with E-state index in [2.05, 4.69) is 15.6 Å². The number of esters is 1. The molecule has 0 radical (unpaired) electrons. The number of nitrogens with one attached hydrogen (secondary N) is 2. The molecule has 9 heteroatoms. The molecule has 0 aliphatic rings. The van der Waals surface area contributed by atoms with Crippen molar-refractivity contribution in [2.75, 3.05) is 5.32 Å². The third kappa shape index (κ3) is 4.74. The fourth-order valence-corrected chi connectivity index (χ4v) is 3.26. The minimum absolute atomic E-state index is 0.145. The van der Waals surface area contributed by atoms with Gasteiger partial charge in [0.1, 0.15) is 12.6 Å². The van der Waals surface area contributed by atoms with Gasteiger partial charge in [-0.05, 0) is 18.1 Å². The van der Waals surface area contributed by atoms with Crippen LogP contribution in [0.5, 0.6) is 0 Å². The Balaban J connectivity index is 1.62. The average molecular weight is 400 g/mol. The van der Waals surface area contributed by atoms with Crippen molar-refractivity contribution in [2.45, 2.75) is 26.5 Å². The number of carbonyl (C=O) groups is 2. The van der Waals surface area contributed by atoms with Gasteiger partial charge in [0.25, 0.3) is 5.56 Å². The second kappa shape index (κ2) is 8.66. The third-order valence-corrected chi connectivity index (χ3v) is 4.71. The van der Waals surface area contributed by atoms with E-state index in [0.29, 0.717) is 16.3 Å². The van der Waals surface area contributed by atoms with Gasteiger partial charge in [-0.3, -0.25) is 9.20 Å². The lowest BCUT2D eigenvalue weighted by molar-refractivity contribution is -0.148. The molecule has 0 spiro atoms. The summed E-state index contributed by atoms with van der Waals surface area (Å²) in [7, 11) is 0. The summed E-state index contributed by atoms with van der Waals surface area (Å²) >= 11 is 1.32. The summed E-state index contributed by atoms with van der Waals surface area (Å²) in [5, 5.41) is 7.05. The van der Waals surface area contributed by atoms with Gasteiger partial charge in [-0.15, -0.1) is 11.3 Å². The molecule has 0 fully saturated rings. The molecule has 0 saturated heterocycles. The Bertz CT molecular complexity index is 1030. The predicted molar refractivity (Wildman–Crippen MR) is 106 cm³/mol. The molecule has 0 aliphatic carbocycles. The topological polar surface area (TPSA) is 102 Å². The number of amides is 2. The minimum Gasteiger partial charge on any atom is -0.458 e. The number of hydrogen-bond acceptors (Lipinski definition) is 6. The maximum atomic E-state index is 12.5. The van der Waals surface area contributed by atoms with Gasteiger partial charge >= 0.3 is 12.0 Å². The largest absolute Gasteiger partial charge is 0.458 e. The van der Waals surface area contributed by atoms with Gasteiger partial charge in [-0.1, -0.05) is 32.0 Å². The first-order valence-electron chi connectivity index (χ1n) is 8.69. The number of hydrogen-bond donors (Lipinski definition) is 2. The lowest BCUT2D eigenvalue weighted by Crippen LogP contribution is -2.47. The molecular formula is C19H20N4O4S. The van der Waals surface area contributed by atoms with Gasteiger partial charge in [0, 0.05) is 23.3 Å². The normalized spacial score (nSPS) is 12.0. The number of thiazole rings is 1. The smallest absolute Gasteiger partial charge is 0.329 e. The van der Waals surface area contributed by atoms with Crippen LogP contribution in [-0.4, -0.2) is 27.4 Å². The van der Waals surface area contributed by atoms with Gasteiger partial charge in [-0.25, -0.2) is 14.6 Å². The Labute approximate surface area is 165 Å². The van der Waals surface area contributed by atoms with Crippen LogP contribution in [0.1, 0.15) is 19.5 Å². The molecule has 0 saturated carbocycles. The highest BCUT2D eigenvalue weighted by molar-refractivity contribution is 7.15. The zero-order chi connectivity index (χ0) is 20.1. The highest BCUT2D eigenvalue weighted by Crippen LogP contribution is 2.10. The van der Waals surface area contributed by atoms with Crippen LogP contribution >= 0.6 is 11.3 Å². The van der Waals surface area contributed by atoms with E-state index in [9.17, 15) is 14.4 Å². The molecule has 2 heterocycles. The summed E-state index contributed by atoms with van der Waals surface area (Å²) in [5.41, 5.74) is 0.736. The van der Waals surface area contributed by atoms with Crippen LogP contribution in [-0.2, 0) is 16.1 Å². The van der Waals surface area contributed by atoms with Crippen LogP contribution in [0.4, 0.5) is 10.5 Å². The second-order valence-electron chi connectivity index (χ2n) is 6.44. The van der Waals surface area contributed by atoms with E-state index in [0.717, 1.165) is 0 Å². The van der Waals surface area contributed by atoms with E-state index in [1.54, 1.807) is 49.7 Å². The summed E-state index contributed by atoms with van der Waals surface area (Å²) in [6.45, 7) is 3.46. The standard InChI is InChI=1S/C19H20N4O4S/c1-12(2)16(22-18(26)20-13-6-4-3-5-7-13)17(25)27-11-14-10-15(24)23-8-9-28-19(23)21-14/h3-10,12,16H,11H2,1-2H3,(H2,20,22,26)/t16-/m0/s1. The summed E-state index contributed by atoms with van der Waals surface area (Å²) in [6.07, 6.45) is 1.63. The monoisotopic (exact) mass is 400 g/mol. The molecule has 3 aromatic rings. The Morgan fingerprint density at radius 3 is 2.71 bits per heavy atom. The second-order valence-corrected chi connectivity index (χ2v) is 7.31. The predicted octanol–water partition coefficient (Wildman–Crippen LogP) is 2.65. The Morgan fingerprint density at radius 1 is 1.25 bits per heavy atom. The maximum Gasteiger partial charge on any atom is 0.329 e. The molecule has 2 aromatic heterocycles. The Morgan fingerprint density at radius 2 is 2.00 bits per heavy atom. The van der Waals surface area contributed by atoms with Crippen LogP contribution in [0, 0.1) is 5.92 Å². The van der Waals surface area contributed by atoms with E-state index < -0.39 is 18.0 Å². The van der Waals surface area contributed by atoms with E-state index >= 15 is 0 Å². The van der Waals surface area contributed by atoms with Crippen molar-refractivity contribution in [3.05, 3.63) is 64.0 Å². The quantitative estimate of drug-likeness (QED) is 0.620. The number of ether oxygens (including phenoxy) is 1. The zero-order valence-electron chi connectivity index (χ0n) is 15.4. The first kappa shape index (κ1) is 19.6. The Kier molecular flexibility index (Phi) is 6.05. The average Bonchev–Trinajstić information content (AvgIpc) is 3.14. The van der Waals surface area contributed by atoms with E-state index in [1.165, 1.54) is 21.8 Å². The highest BCUT2D eigenvalue weighted by atomic mass is 32.1. The van der Waals surface area contributed by atoms with Crippen LogP contribution in [0.15, 0.2) is 52.8 Å². The minimum atomic E-state index is -0.838. The highest BCUT2D eigenvalue weighted by Gasteiger charge is 2.26. The molecular weight excluding hydrogens is 380 g/mol. The third-order valence-electron chi connectivity index (χ3n) is 3.96. The van der Waals surface area contributed by atoms with Crippen LogP contribution in [0.3, 0.4) is 0 Å². The zero-order valence-corrected chi connectivity index (χ0v) is 16.2. The molecule has 1 atom stereocenters. The van der Waals surface area contributed by atoms with Crippen LogP contribution < -0.4 is 16.2 Å². The molecule has 2 amide bonds. The SMILES string of the molecule is CC(C)[C@H](NC(=O)Nc1ccccc1)C(=O)OCc1cc(=O)n2ccsc2n1. The van der Waals surface area contributed by atoms with Crippen LogP contribution in [0.2, 0.25) is 0 Å². The van der Waals surface area contributed by atoms with E-state index in [4.69, 9.17) is 4.74 Å². The van der Waals surface area contributed by atoms with Crippen LogP contribution in [0.25, 0.3) is 4.96 Å². The van der Waals surface area contributed by atoms with Crippen molar-refractivity contribution in [1.29, 1.82) is 0 Å². The lowest BCUT2D eigenvalue weighted by atomic mass is 10.1. The molecule has 0 aliphatic heterocycles. The van der Waals surface area contributed by atoms with Crippen molar-refractivity contribution >= 4 is 34.0 Å². The van der Waals surface area contributed by atoms with Crippen molar-refractivity contribution in [2.24, 2.45) is 5.92 Å². The number of urea groups is 1. The number of benzene rings is 1. The first-order chi connectivity index (χ1) is 13.4. The summed E-state index contributed by atoms with van der Waals surface area (Å²) in [6, 6.07) is 8.90. The summed E-state index contributed by atoms with van der Waals surface area (Å²) in [5.74, 6) is -0.779. The van der Waals surface area contributed by atoms with Crippen molar-refractivity contribution < 1.29 is 14.3 Å². The fourth-order valence-electron chi connectivity index (χ4n) is 2.52. The van der Waals surface area contributed by atoms with Crippen molar-refractivity contribution in [3.8, 4) is 0 Å². The molecule has 146 valence electrons. The number of carbonyl (C=O) groups excluding carboxylic acids is 2. The maximum absolute atomic E-state index is 12.5. The summed E-state index contributed by atoms with van der Waals surface area (Å²) < 4.78 is 6.71. The molecule has 0 unspecified atom stereocenters. The number of para-hydroxylation sites is 1. The van der Waals surface area contributed by atoms with Crippen molar-refractivity contribution in [3.63, 3.8) is 0 Å². The number of nitrogens with zero attached hydrogens (tertiary/aromatic N) is 2. The first-order valence-corrected chi connectivity index (χ1v) is 9.57. The number of fused-ring (bicyclic) bond motifs is 1. The van der Waals surface area contributed by atoms with Crippen molar-refractivity contribution in [1.82, 2.24) is 14.7 Å². The molecule has 3 rings (SSSR count). The molecule has 0 bridgehead atoms. The molecule has 1 aromatic carbocycles. The Hall–Kier alpha value is -3.20. The number of rotatable bonds is 6. The van der Waals surface area contributed by atoms with E-state index in [-0.39, 0.29) is 18.1 Å². The molecule has 28 heavy (non-hydrogen) atoms. The van der Waals surface area contributed by atoms with Gasteiger partial charge in [0.05, 0.1) is 5.69 Å². The fraction of sp³-hybridized carbons (Fsp3) is 0.263. The van der Waals surface area contributed by atoms with Gasteiger partial charge in [-0.2, -0.15) is 0 Å². The summed E-state index contributed by atoms with van der Waals surface area (Å²) in [4.78, 5) is 41.5. The molecule has 2 N–H and O–H groups in total. The van der Waals surface area contributed by atoms with Gasteiger partial charge < -0.3 is 15.4 Å². The molecule has 8 nitrogen and oxygen atoms in total. The number of aromatic nitrogens is 2. The van der Waals surface area contributed by atoms with E-state index in [1.807, 2.05) is 6.07 Å². The number of anilines is 1. The lowest BCUT2D eigenvalue weighted by Gasteiger charge is -2.21.